The van der Waals surface area contributed by atoms with Gasteiger partial charge in [-0.1, -0.05) is 75.0 Å². The lowest BCUT2D eigenvalue weighted by atomic mass is 11.7. The van der Waals surface area contributed by atoms with Crippen LogP contribution < -0.4 is 0 Å². The SMILES string of the molecule is C[Si]1(C)C[Si]2(C[Si]1(C)C)C[Si](C)(C)[Si](C)(C)C2. The number of hydrogen-bond acceptors (Lipinski definition) is 0. The maximum absolute atomic E-state index is 2.75. The molecule has 0 aliphatic carbocycles. The van der Waals surface area contributed by atoms with E-state index in [1.165, 1.54) is 0 Å². The smallest absolute Gasteiger partial charge is 0.0422 e. The first-order valence-electron chi connectivity index (χ1n) is 7.33. The zero-order chi connectivity index (χ0) is 13.3. The molecule has 0 bridgehead atoms. The van der Waals surface area contributed by atoms with Crippen LogP contribution in [0, 0.1) is 0 Å². The standard InChI is InChI=1S/C12H32Si5/c1-13(2)9-17(10-14(13,3)4)11-15(5,6)16(7,8)12-17/h9-12H2,1-8H3. The first-order valence-corrected chi connectivity index (χ1v) is 25.0. The van der Waals surface area contributed by atoms with Gasteiger partial charge < -0.3 is 0 Å². The maximum atomic E-state index is 2.75. The second kappa shape index (κ2) is 3.59. The topological polar surface area (TPSA) is 0 Å². The Morgan fingerprint density at radius 2 is 0.588 bits per heavy atom. The molecule has 0 saturated carbocycles. The summed E-state index contributed by atoms with van der Waals surface area (Å²) in [4.78, 5) is 0. The van der Waals surface area contributed by atoms with Crippen LogP contribution in [0.15, 0.2) is 0 Å². The van der Waals surface area contributed by atoms with Crippen molar-refractivity contribution in [3.8, 4) is 0 Å². The molecular weight excluding hydrogens is 285 g/mol. The average molecular weight is 317 g/mol. The molecule has 0 radical (unpaired) electrons. The van der Waals surface area contributed by atoms with Gasteiger partial charge in [-0.15, -0.1) is 0 Å². The fraction of sp³-hybridized carbons (Fsp3) is 1.00. The van der Waals surface area contributed by atoms with Crippen molar-refractivity contribution in [3.05, 3.63) is 0 Å². The van der Waals surface area contributed by atoms with Crippen LogP contribution in [0.25, 0.3) is 0 Å². The van der Waals surface area contributed by atoms with Crippen molar-refractivity contribution < 1.29 is 0 Å². The normalized spacial score (nSPS) is 35.3. The average Bonchev–Trinajstić information content (AvgIpc) is 2.21. The van der Waals surface area contributed by atoms with Crippen molar-refractivity contribution in [3.63, 3.8) is 0 Å². The molecule has 0 amide bonds. The molecule has 0 atom stereocenters. The highest BCUT2D eigenvalue weighted by Gasteiger charge is 2.65. The highest BCUT2D eigenvalue weighted by Crippen LogP contribution is 2.55. The largest absolute Gasteiger partial charge is 0.0715 e. The Bertz CT molecular complexity index is 273. The van der Waals surface area contributed by atoms with Crippen molar-refractivity contribution in [2.45, 2.75) is 75.0 Å². The molecule has 0 N–H and O–H groups in total. The molecule has 2 heterocycles. The Labute approximate surface area is 113 Å². The molecule has 1 spiro atoms. The van der Waals surface area contributed by atoms with Crippen LogP contribution in [0.1, 0.15) is 0 Å². The molecule has 2 aliphatic heterocycles. The molecule has 2 aliphatic rings. The summed E-state index contributed by atoms with van der Waals surface area (Å²) in [6.07, 6.45) is 0. The van der Waals surface area contributed by atoms with Crippen molar-refractivity contribution in [2.24, 2.45) is 0 Å². The van der Waals surface area contributed by atoms with Gasteiger partial charge in [0.05, 0.1) is 0 Å². The molecule has 0 aromatic heterocycles. The van der Waals surface area contributed by atoms with Gasteiger partial charge in [0.25, 0.3) is 0 Å². The maximum Gasteiger partial charge on any atom is 0.0422 e. The van der Waals surface area contributed by atoms with Crippen LogP contribution in [-0.4, -0.2) is 38.4 Å². The summed E-state index contributed by atoms with van der Waals surface area (Å²) < 4.78 is 0. The first-order chi connectivity index (χ1) is 7.33. The summed E-state index contributed by atoms with van der Waals surface area (Å²) >= 11 is 0. The molecule has 5 heteroatoms. The molecule has 0 nitrogen and oxygen atoms in total. The van der Waals surface area contributed by atoms with Crippen LogP contribution in [-0.2, 0) is 0 Å². The predicted molar refractivity (Wildman–Crippen MR) is 94.9 cm³/mol. The monoisotopic (exact) mass is 316 g/mol. The van der Waals surface area contributed by atoms with Crippen LogP contribution >= 0.6 is 0 Å². The van der Waals surface area contributed by atoms with Gasteiger partial charge in [-0.05, 0) is 0 Å². The van der Waals surface area contributed by atoms with E-state index in [0.29, 0.717) is 0 Å². The van der Waals surface area contributed by atoms with E-state index in [-0.39, 0.29) is 0 Å². The second-order valence-electron chi connectivity index (χ2n) is 9.74. The van der Waals surface area contributed by atoms with Gasteiger partial charge in [0, 0.05) is 38.4 Å². The van der Waals surface area contributed by atoms with E-state index in [1.54, 1.807) is 0 Å². The highest BCUT2D eigenvalue weighted by atomic mass is 29.3. The van der Waals surface area contributed by atoms with Crippen molar-refractivity contribution in [1.29, 1.82) is 0 Å². The van der Waals surface area contributed by atoms with Gasteiger partial charge in [-0.3, -0.25) is 0 Å². The van der Waals surface area contributed by atoms with Crippen LogP contribution in [0.3, 0.4) is 0 Å². The lowest BCUT2D eigenvalue weighted by Gasteiger charge is -2.30. The third kappa shape index (κ3) is 2.09. The van der Waals surface area contributed by atoms with Crippen LogP contribution in [0.2, 0.25) is 75.0 Å². The van der Waals surface area contributed by atoms with E-state index in [0.717, 1.165) is 0 Å². The highest BCUT2D eigenvalue weighted by molar-refractivity contribution is 7.56. The van der Waals surface area contributed by atoms with E-state index in [2.05, 4.69) is 52.4 Å². The summed E-state index contributed by atoms with van der Waals surface area (Å²) in [6, 6.07) is 0. The van der Waals surface area contributed by atoms with Crippen LogP contribution in [0.5, 0.6) is 0 Å². The summed E-state index contributed by atoms with van der Waals surface area (Å²) in [6.45, 7) is 22.0. The molecular formula is C12H32Si5. The summed E-state index contributed by atoms with van der Waals surface area (Å²) in [7, 11) is -3.90. The molecule has 0 aromatic carbocycles. The Kier molecular flexibility index (Phi) is 3.06. The lowest BCUT2D eigenvalue weighted by Crippen LogP contribution is -2.49. The first kappa shape index (κ1) is 14.5. The zero-order valence-corrected chi connectivity index (χ0v) is 18.3. The van der Waals surface area contributed by atoms with E-state index >= 15 is 0 Å². The summed E-state index contributed by atoms with van der Waals surface area (Å²) in [5.74, 6) is 0. The molecule has 2 rings (SSSR count). The molecule has 0 unspecified atom stereocenters. The fourth-order valence-corrected chi connectivity index (χ4v) is 83.2. The van der Waals surface area contributed by atoms with Crippen molar-refractivity contribution in [2.75, 3.05) is 0 Å². The minimum atomic E-state index is -0.785. The Hall–Kier alpha value is 1.08. The third-order valence-corrected chi connectivity index (χ3v) is 68.8. The van der Waals surface area contributed by atoms with Gasteiger partial charge in [0.1, 0.15) is 0 Å². The minimum Gasteiger partial charge on any atom is -0.0715 e. The zero-order valence-electron chi connectivity index (χ0n) is 13.3. The van der Waals surface area contributed by atoms with E-state index in [4.69, 9.17) is 0 Å². The summed E-state index contributed by atoms with van der Waals surface area (Å²) in [5, 5.41) is 0. The predicted octanol–water partition coefficient (Wildman–Crippen LogP) is 4.61. The van der Waals surface area contributed by atoms with E-state index in [9.17, 15) is 0 Å². The Balaban J connectivity index is 2.33. The Morgan fingerprint density at radius 3 is 0.765 bits per heavy atom. The number of hydrogen-bond donors (Lipinski definition) is 0. The van der Waals surface area contributed by atoms with Gasteiger partial charge in [-0.25, -0.2) is 0 Å². The third-order valence-electron chi connectivity index (χ3n) is 6.93. The molecule has 2 fully saturated rings. The van der Waals surface area contributed by atoms with Gasteiger partial charge in [-0.2, -0.15) is 0 Å². The molecule has 2 saturated heterocycles. The van der Waals surface area contributed by atoms with Crippen molar-refractivity contribution in [1.82, 2.24) is 0 Å². The Morgan fingerprint density at radius 1 is 0.412 bits per heavy atom. The lowest BCUT2D eigenvalue weighted by molar-refractivity contribution is 1.48. The summed E-state index contributed by atoms with van der Waals surface area (Å²) in [5.41, 5.74) is 7.36. The van der Waals surface area contributed by atoms with E-state index < -0.39 is 38.4 Å². The quantitative estimate of drug-likeness (QED) is 0.573. The number of rotatable bonds is 0. The van der Waals surface area contributed by atoms with Gasteiger partial charge in [0.2, 0.25) is 0 Å². The minimum absolute atomic E-state index is 0.764. The molecule has 17 heavy (non-hydrogen) atoms. The molecule has 100 valence electrons. The van der Waals surface area contributed by atoms with Gasteiger partial charge >= 0.3 is 0 Å². The van der Waals surface area contributed by atoms with E-state index in [1.807, 2.05) is 22.7 Å². The molecule has 0 aromatic rings. The van der Waals surface area contributed by atoms with Gasteiger partial charge in [0.15, 0.2) is 0 Å². The van der Waals surface area contributed by atoms with Crippen molar-refractivity contribution >= 4 is 38.4 Å². The van der Waals surface area contributed by atoms with Crippen LogP contribution in [0.4, 0.5) is 0 Å². The second-order valence-corrected chi connectivity index (χ2v) is 49.7. The fourth-order valence-electron chi connectivity index (χ4n) is 5.08.